The Kier molecular flexibility index (Phi) is 10.4. The standard InChI is InChI=1S/C39H46N8O7/c1-22(2)34(44-39(52)54-4)37(50)45-17-5-8-32(45)35-40-21-30(42-35)24-11-9-23(10-12-24)25-13-14-26-20-29(41-28(26)19-25)31-7-6-18-46-33(48)16-15-27(36(49)47(31)46)43-38(51)53-3/h9-14,19,21-22,27,31-32,34H,5-8,15-18,20H2,1-4H3,(H,40,42)(H,43,51)(H,44,52)/t27-,31-,32-,34-/m0/s1. The van der Waals surface area contributed by atoms with Gasteiger partial charge in [0.2, 0.25) is 11.8 Å². The summed E-state index contributed by atoms with van der Waals surface area (Å²) in [6.07, 6.45) is 4.36. The first kappa shape index (κ1) is 36.6. The second-order valence-electron chi connectivity index (χ2n) is 14.5. The molecule has 15 nitrogen and oxygen atoms in total. The maximum absolute atomic E-state index is 13.8. The minimum Gasteiger partial charge on any atom is -0.453 e. The quantitative estimate of drug-likeness (QED) is 0.299. The molecule has 5 amide bonds. The Bertz CT molecular complexity index is 1970. The summed E-state index contributed by atoms with van der Waals surface area (Å²) < 4.78 is 9.48. The zero-order chi connectivity index (χ0) is 38.1. The molecular formula is C39H46N8O7. The molecule has 0 unspecified atom stereocenters. The van der Waals surface area contributed by atoms with E-state index < -0.39 is 30.3 Å². The average Bonchev–Trinajstić information content (AvgIpc) is 3.96. The van der Waals surface area contributed by atoms with Crippen molar-refractivity contribution in [2.45, 2.75) is 83.0 Å². The minimum absolute atomic E-state index is 0.117. The van der Waals surface area contributed by atoms with E-state index in [0.29, 0.717) is 31.8 Å². The van der Waals surface area contributed by atoms with Crippen molar-refractivity contribution in [2.24, 2.45) is 10.9 Å². The number of nitrogens with one attached hydrogen (secondary N) is 3. The van der Waals surface area contributed by atoms with Gasteiger partial charge in [0.15, 0.2) is 0 Å². The number of fused-ring (bicyclic) bond motifs is 2. The summed E-state index contributed by atoms with van der Waals surface area (Å²) in [5.74, 6) is -0.0412. The third kappa shape index (κ3) is 7.14. The van der Waals surface area contributed by atoms with E-state index in [1.807, 2.05) is 38.1 Å². The van der Waals surface area contributed by atoms with Gasteiger partial charge in [0.05, 0.1) is 43.9 Å². The van der Waals surface area contributed by atoms with Crippen LogP contribution in [-0.2, 0) is 30.3 Å². The molecule has 7 rings (SSSR count). The number of carbonyl (C=O) groups is 5. The first-order valence-electron chi connectivity index (χ1n) is 18.5. The number of carbonyl (C=O) groups excluding carboxylic acids is 5. The van der Waals surface area contributed by atoms with Crippen LogP contribution in [0.5, 0.6) is 0 Å². The number of likely N-dealkylation sites (tertiary alicyclic amines) is 1. The van der Waals surface area contributed by atoms with E-state index in [1.54, 1.807) is 11.1 Å². The van der Waals surface area contributed by atoms with E-state index in [9.17, 15) is 24.0 Å². The number of hydrogen-bond acceptors (Lipinski definition) is 9. The highest BCUT2D eigenvalue weighted by Crippen LogP contribution is 2.37. The molecule has 284 valence electrons. The SMILES string of the molecule is COC(=O)N[C@H]1CCC(=O)N2CCC[C@@H](C3=Nc4cc(-c5ccc(-c6cnc([C@@H]7CCCN7C(=O)[C@@H](NC(=O)OC)C(C)C)[nH]6)cc5)ccc4C3)N2C1=O. The summed E-state index contributed by atoms with van der Waals surface area (Å²) in [5.41, 5.74) is 6.47. The second kappa shape index (κ2) is 15.3. The molecule has 4 aliphatic heterocycles. The predicted molar refractivity (Wildman–Crippen MR) is 198 cm³/mol. The Labute approximate surface area is 313 Å². The van der Waals surface area contributed by atoms with Crippen LogP contribution in [0.15, 0.2) is 53.7 Å². The van der Waals surface area contributed by atoms with Crippen LogP contribution >= 0.6 is 0 Å². The number of benzene rings is 2. The predicted octanol–water partition coefficient (Wildman–Crippen LogP) is 4.67. The van der Waals surface area contributed by atoms with Crippen molar-refractivity contribution < 1.29 is 33.4 Å². The summed E-state index contributed by atoms with van der Waals surface area (Å²) in [4.78, 5) is 79.2. The van der Waals surface area contributed by atoms with Gasteiger partial charge in [-0.3, -0.25) is 24.4 Å². The lowest BCUT2D eigenvalue weighted by molar-refractivity contribution is -0.169. The molecule has 3 N–H and O–H groups in total. The summed E-state index contributed by atoms with van der Waals surface area (Å²) >= 11 is 0. The number of amides is 5. The second-order valence-corrected chi connectivity index (χ2v) is 14.5. The molecule has 5 heterocycles. The topological polar surface area (TPSA) is 179 Å². The number of H-pyrrole nitrogens is 1. The van der Waals surface area contributed by atoms with Crippen LogP contribution in [-0.4, -0.2) is 106 Å². The smallest absolute Gasteiger partial charge is 0.407 e. The summed E-state index contributed by atoms with van der Waals surface area (Å²) in [5, 5.41) is 8.35. The van der Waals surface area contributed by atoms with E-state index in [2.05, 4.69) is 38.8 Å². The van der Waals surface area contributed by atoms with Crippen LogP contribution in [0.2, 0.25) is 0 Å². The molecule has 0 radical (unpaired) electrons. The number of ether oxygens (including phenoxy) is 2. The monoisotopic (exact) mass is 738 g/mol. The molecule has 0 saturated carbocycles. The fourth-order valence-corrected chi connectivity index (χ4v) is 7.94. The number of alkyl carbamates (subject to hydrolysis) is 2. The van der Waals surface area contributed by atoms with Gasteiger partial charge in [0.25, 0.3) is 5.91 Å². The number of aromatic amines is 1. The van der Waals surface area contributed by atoms with Crippen molar-refractivity contribution >= 4 is 41.3 Å². The maximum atomic E-state index is 13.8. The van der Waals surface area contributed by atoms with Crippen molar-refractivity contribution in [1.82, 2.24) is 35.5 Å². The number of hydrazine groups is 1. The number of aliphatic imine (C=N–C) groups is 1. The van der Waals surface area contributed by atoms with Gasteiger partial charge in [-0.05, 0) is 66.3 Å². The van der Waals surface area contributed by atoms with Gasteiger partial charge in [-0.15, -0.1) is 0 Å². The molecule has 54 heavy (non-hydrogen) atoms. The number of hydrogen-bond donors (Lipinski definition) is 3. The lowest BCUT2D eigenvalue weighted by Gasteiger charge is -2.43. The fourth-order valence-electron chi connectivity index (χ4n) is 7.94. The molecule has 4 aliphatic rings. The highest BCUT2D eigenvalue weighted by atomic mass is 16.5. The lowest BCUT2D eigenvalue weighted by atomic mass is 9.97. The van der Waals surface area contributed by atoms with Gasteiger partial charge in [-0.1, -0.05) is 50.2 Å². The Morgan fingerprint density at radius 2 is 1.59 bits per heavy atom. The normalized spacial score (nSPS) is 21.6. The van der Waals surface area contributed by atoms with E-state index in [-0.39, 0.29) is 42.5 Å². The Hall–Kier alpha value is -5.73. The molecule has 0 bridgehead atoms. The first-order chi connectivity index (χ1) is 26.1. The molecule has 15 heteroatoms. The van der Waals surface area contributed by atoms with Gasteiger partial charge < -0.3 is 30.0 Å². The third-order valence-electron chi connectivity index (χ3n) is 10.8. The van der Waals surface area contributed by atoms with Gasteiger partial charge >= 0.3 is 12.2 Å². The first-order valence-corrected chi connectivity index (χ1v) is 18.5. The zero-order valence-electron chi connectivity index (χ0n) is 31.0. The number of rotatable bonds is 8. The van der Waals surface area contributed by atoms with E-state index in [0.717, 1.165) is 58.6 Å². The van der Waals surface area contributed by atoms with Crippen molar-refractivity contribution in [3.63, 3.8) is 0 Å². The van der Waals surface area contributed by atoms with E-state index >= 15 is 0 Å². The van der Waals surface area contributed by atoms with Gasteiger partial charge in [0.1, 0.15) is 17.9 Å². The molecular weight excluding hydrogens is 692 g/mol. The molecule has 2 aromatic carbocycles. The molecule has 3 saturated heterocycles. The number of methoxy groups -OCH3 is 2. The van der Waals surface area contributed by atoms with Crippen LogP contribution in [0.25, 0.3) is 22.4 Å². The Balaban J connectivity index is 1.06. The van der Waals surface area contributed by atoms with Crippen molar-refractivity contribution in [2.75, 3.05) is 27.3 Å². The molecule has 0 spiro atoms. The average molecular weight is 739 g/mol. The maximum Gasteiger partial charge on any atom is 0.407 e. The lowest BCUT2D eigenvalue weighted by Crippen LogP contribution is -2.62. The van der Waals surface area contributed by atoms with Crippen LogP contribution in [0.3, 0.4) is 0 Å². The van der Waals surface area contributed by atoms with Crippen LogP contribution in [0.1, 0.15) is 69.8 Å². The Morgan fingerprint density at radius 3 is 2.33 bits per heavy atom. The van der Waals surface area contributed by atoms with Crippen LogP contribution in [0, 0.1) is 5.92 Å². The third-order valence-corrected chi connectivity index (χ3v) is 10.8. The highest BCUT2D eigenvalue weighted by molar-refractivity contribution is 6.02. The highest BCUT2D eigenvalue weighted by Gasteiger charge is 2.44. The molecule has 3 fully saturated rings. The van der Waals surface area contributed by atoms with Crippen molar-refractivity contribution in [1.29, 1.82) is 0 Å². The van der Waals surface area contributed by atoms with E-state index in [1.165, 1.54) is 24.2 Å². The number of aromatic nitrogens is 2. The largest absolute Gasteiger partial charge is 0.453 e. The van der Waals surface area contributed by atoms with Crippen molar-refractivity contribution in [3.8, 4) is 22.4 Å². The summed E-state index contributed by atoms with van der Waals surface area (Å²) in [6.45, 7) is 4.81. The molecule has 1 aromatic heterocycles. The molecule has 4 atom stereocenters. The van der Waals surface area contributed by atoms with Crippen LogP contribution < -0.4 is 10.6 Å². The summed E-state index contributed by atoms with van der Waals surface area (Å²) in [6, 6.07) is 12.1. The Morgan fingerprint density at radius 1 is 0.889 bits per heavy atom. The fraction of sp³-hybridized carbons (Fsp3) is 0.462. The number of imidazole rings is 1. The van der Waals surface area contributed by atoms with Crippen LogP contribution in [0.4, 0.5) is 15.3 Å². The van der Waals surface area contributed by atoms with Gasteiger partial charge in [0, 0.05) is 31.6 Å². The minimum atomic E-state index is -0.861. The van der Waals surface area contributed by atoms with Gasteiger partial charge in [-0.25, -0.2) is 19.6 Å². The molecule has 0 aliphatic carbocycles. The van der Waals surface area contributed by atoms with Crippen molar-refractivity contribution in [3.05, 3.63) is 60.0 Å². The number of nitrogens with zero attached hydrogens (tertiary/aromatic N) is 5. The summed E-state index contributed by atoms with van der Waals surface area (Å²) in [7, 11) is 2.53. The zero-order valence-corrected chi connectivity index (χ0v) is 31.0. The van der Waals surface area contributed by atoms with E-state index in [4.69, 9.17) is 14.5 Å². The molecule has 3 aromatic rings. The van der Waals surface area contributed by atoms with Gasteiger partial charge in [-0.2, -0.15) is 0 Å².